The molecule has 5 heteroatoms. The van der Waals surface area contributed by atoms with Crippen molar-refractivity contribution in [2.45, 2.75) is 59.1 Å². The first-order valence-electron chi connectivity index (χ1n) is 7.39. The van der Waals surface area contributed by atoms with Crippen molar-refractivity contribution in [3.8, 4) is 0 Å². The first-order valence-corrected chi connectivity index (χ1v) is 7.76. The maximum Gasteiger partial charge on any atom is 0.134 e. The number of halogens is 1. The molecule has 4 nitrogen and oxygen atoms in total. The lowest BCUT2D eigenvalue weighted by atomic mass is 9.64. The highest BCUT2D eigenvalue weighted by Gasteiger charge is 2.49. The number of nitrogens with one attached hydrogen (secondary N) is 1. The van der Waals surface area contributed by atoms with E-state index in [9.17, 15) is 0 Å². The lowest BCUT2D eigenvalue weighted by molar-refractivity contribution is -0.0976. The van der Waals surface area contributed by atoms with Gasteiger partial charge >= 0.3 is 0 Å². The first kappa shape index (κ1) is 15.5. The average Bonchev–Trinajstić information content (AvgIpc) is 2.37. The molecule has 0 aromatic carbocycles. The van der Waals surface area contributed by atoms with Crippen LogP contribution in [-0.2, 0) is 11.2 Å². The fourth-order valence-corrected chi connectivity index (χ4v) is 2.87. The van der Waals surface area contributed by atoms with Crippen molar-refractivity contribution in [2.24, 2.45) is 5.41 Å². The van der Waals surface area contributed by atoms with Crippen molar-refractivity contribution in [1.82, 2.24) is 9.97 Å². The highest BCUT2D eigenvalue weighted by atomic mass is 35.5. The number of hydrogen-bond donors (Lipinski definition) is 1. The summed E-state index contributed by atoms with van der Waals surface area (Å²) in [6.45, 7) is 9.37. The molecule has 1 aromatic heterocycles. The third-order valence-corrected chi connectivity index (χ3v) is 4.28. The molecule has 1 saturated carbocycles. The smallest absolute Gasteiger partial charge is 0.134 e. The van der Waals surface area contributed by atoms with Crippen molar-refractivity contribution in [1.29, 1.82) is 0 Å². The summed E-state index contributed by atoms with van der Waals surface area (Å²) in [4.78, 5) is 8.78. The zero-order valence-electron chi connectivity index (χ0n) is 12.7. The predicted molar refractivity (Wildman–Crippen MR) is 82.3 cm³/mol. The Balaban J connectivity index is 2.04. The Hall–Kier alpha value is -0.870. The van der Waals surface area contributed by atoms with Gasteiger partial charge in [0.2, 0.25) is 0 Å². The number of rotatable bonds is 6. The second-order valence-corrected chi connectivity index (χ2v) is 6.33. The van der Waals surface area contributed by atoms with Gasteiger partial charge in [-0.25, -0.2) is 9.97 Å². The van der Waals surface area contributed by atoms with Crippen LogP contribution in [0.4, 0.5) is 5.82 Å². The largest absolute Gasteiger partial charge is 0.378 e. The lowest BCUT2D eigenvalue weighted by Crippen LogP contribution is -2.58. The Bertz CT molecular complexity index is 464. The van der Waals surface area contributed by atoms with Gasteiger partial charge in [-0.3, -0.25) is 0 Å². The van der Waals surface area contributed by atoms with Crippen LogP contribution < -0.4 is 5.32 Å². The molecule has 2 unspecified atom stereocenters. The van der Waals surface area contributed by atoms with Crippen LogP contribution in [0.15, 0.2) is 6.07 Å². The van der Waals surface area contributed by atoms with Crippen molar-refractivity contribution < 1.29 is 4.74 Å². The number of aryl methyl sites for hydroxylation is 1. The van der Waals surface area contributed by atoms with Crippen LogP contribution in [0.25, 0.3) is 0 Å². The summed E-state index contributed by atoms with van der Waals surface area (Å²) in [5.74, 6) is 1.63. The predicted octanol–water partition coefficient (Wildman–Crippen LogP) is 3.70. The van der Waals surface area contributed by atoms with Crippen LogP contribution in [-0.4, -0.2) is 28.7 Å². The lowest BCUT2D eigenvalue weighted by Gasteiger charge is -2.51. The maximum atomic E-state index is 6.06. The van der Waals surface area contributed by atoms with Crippen molar-refractivity contribution >= 4 is 17.4 Å². The molecule has 0 bridgehead atoms. The van der Waals surface area contributed by atoms with Gasteiger partial charge in [0.25, 0.3) is 0 Å². The number of nitrogens with zero attached hydrogens (tertiary/aromatic N) is 2. The molecular weight excluding hydrogens is 274 g/mol. The molecule has 1 heterocycles. The molecule has 0 aliphatic heterocycles. The normalized spacial score (nSPS) is 24.2. The van der Waals surface area contributed by atoms with Gasteiger partial charge in [-0.15, -0.1) is 0 Å². The average molecular weight is 298 g/mol. The highest BCUT2D eigenvalue weighted by Crippen LogP contribution is 2.44. The fourth-order valence-electron chi connectivity index (χ4n) is 2.67. The summed E-state index contributed by atoms with van der Waals surface area (Å²) < 4.78 is 5.75. The van der Waals surface area contributed by atoms with E-state index in [1.54, 1.807) is 6.07 Å². The number of ether oxygens (including phenoxy) is 1. The van der Waals surface area contributed by atoms with Crippen LogP contribution >= 0.6 is 11.6 Å². The summed E-state index contributed by atoms with van der Waals surface area (Å²) in [5, 5.41) is 3.99. The molecule has 0 radical (unpaired) electrons. The van der Waals surface area contributed by atoms with E-state index in [-0.39, 0.29) is 5.41 Å². The van der Waals surface area contributed by atoms with Gasteiger partial charge in [0.15, 0.2) is 0 Å². The number of hydrogen-bond acceptors (Lipinski definition) is 4. The third kappa shape index (κ3) is 3.23. The summed E-state index contributed by atoms with van der Waals surface area (Å²) in [6, 6.07) is 2.16. The molecular formula is C15H24ClN3O. The van der Waals surface area contributed by atoms with Crippen molar-refractivity contribution in [2.75, 3.05) is 11.9 Å². The molecule has 0 amide bonds. The van der Waals surface area contributed by atoms with Gasteiger partial charge in [-0.2, -0.15) is 0 Å². The molecule has 112 valence electrons. The Morgan fingerprint density at radius 1 is 1.40 bits per heavy atom. The van der Waals surface area contributed by atoms with Gasteiger partial charge < -0.3 is 10.1 Å². The second kappa shape index (κ2) is 6.27. The first-order chi connectivity index (χ1) is 9.47. The van der Waals surface area contributed by atoms with Crippen LogP contribution in [0.5, 0.6) is 0 Å². The number of anilines is 1. The van der Waals surface area contributed by atoms with Crippen molar-refractivity contribution in [3.63, 3.8) is 0 Å². The highest BCUT2D eigenvalue weighted by molar-refractivity contribution is 6.29. The summed E-state index contributed by atoms with van der Waals surface area (Å²) in [7, 11) is 0. The Kier molecular flexibility index (Phi) is 4.86. The summed E-state index contributed by atoms with van der Waals surface area (Å²) >= 11 is 6.06. The molecule has 2 atom stereocenters. The minimum Gasteiger partial charge on any atom is -0.378 e. The topological polar surface area (TPSA) is 47.0 Å². The Morgan fingerprint density at radius 3 is 2.75 bits per heavy atom. The molecule has 1 fully saturated rings. The Labute approximate surface area is 126 Å². The summed E-state index contributed by atoms with van der Waals surface area (Å²) in [5.41, 5.74) is 0.109. The molecule has 1 aliphatic carbocycles. The van der Waals surface area contributed by atoms with E-state index >= 15 is 0 Å². The minimum atomic E-state index is 0.109. The van der Waals surface area contributed by atoms with Crippen LogP contribution in [0.3, 0.4) is 0 Å². The second-order valence-electron chi connectivity index (χ2n) is 5.94. The Morgan fingerprint density at radius 2 is 2.15 bits per heavy atom. The fraction of sp³-hybridized carbons (Fsp3) is 0.733. The van der Waals surface area contributed by atoms with Gasteiger partial charge in [-0.1, -0.05) is 32.4 Å². The van der Waals surface area contributed by atoms with E-state index in [0.717, 1.165) is 37.5 Å². The maximum absolute atomic E-state index is 6.06. The standard InChI is InChI=1S/C15H24ClN3O/c1-5-7-13-18-12(16)9-14(19-13)17-10-8-11(20-6-2)15(10,3)4/h9-11H,5-8H2,1-4H3,(H,17,18,19). The van der Waals surface area contributed by atoms with Crippen LogP contribution in [0.2, 0.25) is 5.15 Å². The third-order valence-electron chi connectivity index (χ3n) is 4.08. The quantitative estimate of drug-likeness (QED) is 0.813. The van der Waals surface area contributed by atoms with Gasteiger partial charge in [0, 0.05) is 30.6 Å². The van der Waals surface area contributed by atoms with E-state index in [0.29, 0.717) is 17.3 Å². The van der Waals surface area contributed by atoms with Gasteiger partial charge in [0.1, 0.15) is 16.8 Å². The van der Waals surface area contributed by atoms with E-state index in [1.165, 1.54) is 0 Å². The van der Waals surface area contributed by atoms with E-state index in [1.807, 2.05) is 6.92 Å². The number of aromatic nitrogens is 2. The van der Waals surface area contributed by atoms with Gasteiger partial charge in [-0.05, 0) is 19.8 Å². The zero-order chi connectivity index (χ0) is 14.8. The van der Waals surface area contributed by atoms with E-state index < -0.39 is 0 Å². The molecule has 1 aliphatic rings. The molecule has 20 heavy (non-hydrogen) atoms. The SMILES string of the molecule is CCCc1nc(Cl)cc(NC2CC(OCC)C2(C)C)n1. The molecule has 0 saturated heterocycles. The van der Waals surface area contributed by atoms with Crippen LogP contribution in [0, 0.1) is 5.41 Å². The summed E-state index contributed by atoms with van der Waals surface area (Å²) in [6.07, 6.45) is 3.19. The molecule has 1 aromatic rings. The monoisotopic (exact) mass is 297 g/mol. The van der Waals surface area contributed by atoms with E-state index in [4.69, 9.17) is 16.3 Å². The van der Waals surface area contributed by atoms with Gasteiger partial charge in [0.05, 0.1) is 6.10 Å². The molecule has 1 N–H and O–H groups in total. The van der Waals surface area contributed by atoms with E-state index in [2.05, 4.69) is 36.1 Å². The van der Waals surface area contributed by atoms with Crippen LogP contribution in [0.1, 0.15) is 46.4 Å². The zero-order valence-corrected chi connectivity index (χ0v) is 13.5. The molecule has 2 rings (SSSR count). The van der Waals surface area contributed by atoms with Crippen molar-refractivity contribution in [3.05, 3.63) is 17.0 Å². The molecule has 0 spiro atoms. The minimum absolute atomic E-state index is 0.109.